The fourth-order valence-corrected chi connectivity index (χ4v) is 2.40. The van der Waals surface area contributed by atoms with Crippen molar-refractivity contribution in [2.75, 3.05) is 43.4 Å². The molecule has 0 aromatic carbocycles. The number of nitrogens with two attached hydrogens (primary N) is 1. The van der Waals surface area contributed by atoms with E-state index in [0.29, 0.717) is 12.2 Å². The Bertz CT molecular complexity index is 428. The standard InChI is InChI=1S/C13H19F3N4/c14-13(15,16)3-1-5-19-6-8-20(9-7-19)12-2-4-18-10-11(12)17/h2,4,10H,1,3,5-9,17H2. The first-order chi connectivity index (χ1) is 9.46. The van der Waals surface area contributed by atoms with E-state index in [1.165, 1.54) is 0 Å². The highest BCUT2D eigenvalue weighted by atomic mass is 19.4. The molecule has 2 rings (SSSR count). The molecular weight excluding hydrogens is 269 g/mol. The highest BCUT2D eigenvalue weighted by Crippen LogP contribution is 2.24. The summed E-state index contributed by atoms with van der Waals surface area (Å²) in [5.41, 5.74) is 7.46. The molecule has 1 aromatic heterocycles. The lowest BCUT2D eigenvalue weighted by atomic mass is 10.2. The van der Waals surface area contributed by atoms with E-state index in [-0.39, 0.29) is 6.42 Å². The Balaban J connectivity index is 1.77. The quantitative estimate of drug-likeness (QED) is 0.922. The van der Waals surface area contributed by atoms with Gasteiger partial charge in [0.2, 0.25) is 0 Å². The summed E-state index contributed by atoms with van der Waals surface area (Å²) in [7, 11) is 0. The number of rotatable bonds is 4. The van der Waals surface area contributed by atoms with Crippen molar-refractivity contribution in [2.45, 2.75) is 19.0 Å². The van der Waals surface area contributed by atoms with Crippen LogP contribution in [0.1, 0.15) is 12.8 Å². The number of anilines is 2. The summed E-state index contributed by atoms with van der Waals surface area (Å²) in [5, 5.41) is 0. The summed E-state index contributed by atoms with van der Waals surface area (Å²) in [4.78, 5) is 8.17. The second kappa shape index (κ2) is 6.30. The molecule has 1 aliphatic heterocycles. The summed E-state index contributed by atoms with van der Waals surface area (Å²) < 4.78 is 36.3. The number of hydrogen-bond acceptors (Lipinski definition) is 4. The number of halogens is 3. The predicted molar refractivity (Wildman–Crippen MR) is 72.6 cm³/mol. The molecule has 0 bridgehead atoms. The van der Waals surface area contributed by atoms with Crippen molar-refractivity contribution in [1.82, 2.24) is 9.88 Å². The number of pyridine rings is 1. The maximum Gasteiger partial charge on any atom is 0.389 e. The number of piperazine rings is 1. The van der Waals surface area contributed by atoms with Gasteiger partial charge in [-0.05, 0) is 19.0 Å². The zero-order valence-electron chi connectivity index (χ0n) is 11.2. The normalized spacial score (nSPS) is 17.4. The molecule has 0 unspecified atom stereocenters. The summed E-state index contributed by atoms with van der Waals surface area (Å²) >= 11 is 0. The van der Waals surface area contributed by atoms with Crippen LogP contribution in [0.5, 0.6) is 0 Å². The Hall–Kier alpha value is -1.50. The van der Waals surface area contributed by atoms with E-state index < -0.39 is 12.6 Å². The average Bonchev–Trinajstić information content (AvgIpc) is 2.39. The molecule has 2 heterocycles. The molecule has 0 atom stereocenters. The lowest BCUT2D eigenvalue weighted by Crippen LogP contribution is -2.47. The van der Waals surface area contributed by atoms with E-state index in [2.05, 4.69) is 14.8 Å². The Morgan fingerprint density at radius 2 is 1.90 bits per heavy atom. The van der Waals surface area contributed by atoms with Gasteiger partial charge in [0.25, 0.3) is 0 Å². The molecule has 0 aliphatic carbocycles. The summed E-state index contributed by atoms with van der Waals surface area (Å²) in [6.07, 6.45) is -1.27. The van der Waals surface area contributed by atoms with Gasteiger partial charge in [0.15, 0.2) is 0 Å². The lowest BCUT2D eigenvalue weighted by Gasteiger charge is -2.36. The number of nitrogens with zero attached hydrogens (tertiary/aromatic N) is 3. The van der Waals surface area contributed by atoms with Crippen molar-refractivity contribution >= 4 is 11.4 Å². The molecule has 1 aliphatic rings. The highest BCUT2D eigenvalue weighted by molar-refractivity contribution is 5.66. The van der Waals surface area contributed by atoms with Crippen LogP contribution >= 0.6 is 0 Å². The third-order valence-electron chi connectivity index (χ3n) is 3.48. The Kier molecular flexibility index (Phi) is 4.69. The molecular formula is C13H19F3N4. The molecule has 1 saturated heterocycles. The van der Waals surface area contributed by atoms with E-state index in [4.69, 9.17) is 5.73 Å². The molecule has 20 heavy (non-hydrogen) atoms. The Morgan fingerprint density at radius 1 is 1.20 bits per heavy atom. The maximum atomic E-state index is 12.1. The molecule has 0 amide bonds. The van der Waals surface area contributed by atoms with E-state index in [9.17, 15) is 13.2 Å². The van der Waals surface area contributed by atoms with Crippen LogP contribution in [0.2, 0.25) is 0 Å². The smallest absolute Gasteiger partial charge is 0.389 e. The highest BCUT2D eigenvalue weighted by Gasteiger charge is 2.27. The topological polar surface area (TPSA) is 45.4 Å². The van der Waals surface area contributed by atoms with Crippen molar-refractivity contribution in [3.63, 3.8) is 0 Å². The minimum absolute atomic E-state index is 0.168. The number of aromatic nitrogens is 1. The first kappa shape index (κ1) is 14.9. The van der Waals surface area contributed by atoms with Gasteiger partial charge in [0.05, 0.1) is 17.6 Å². The zero-order valence-corrected chi connectivity index (χ0v) is 11.2. The van der Waals surface area contributed by atoms with E-state index in [1.807, 2.05) is 6.07 Å². The van der Waals surface area contributed by atoms with Gasteiger partial charge in [0.1, 0.15) is 0 Å². The van der Waals surface area contributed by atoms with E-state index >= 15 is 0 Å². The van der Waals surface area contributed by atoms with Gasteiger partial charge >= 0.3 is 6.18 Å². The molecule has 2 N–H and O–H groups in total. The third-order valence-corrected chi connectivity index (χ3v) is 3.48. The third kappa shape index (κ3) is 4.26. The molecule has 0 spiro atoms. The first-order valence-electron chi connectivity index (χ1n) is 6.69. The summed E-state index contributed by atoms with van der Waals surface area (Å²) in [6, 6.07) is 1.87. The van der Waals surface area contributed by atoms with Crippen LogP contribution in [0.4, 0.5) is 24.5 Å². The van der Waals surface area contributed by atoms with Gasteiger partial charge < -0.3 is 10.6 Å². The molecule has 7 heteroatoms. The van der Waals surface area contributed by atoms with Crippen LogP contribution in [0.25, 0.3) is 0 Å². The zero-order chi connectivity index (χ0) is 14.6. The van der Waals surface area contributed by atoms with Crippen LogP contribution in [0, 0.1) is 0 Å². The van der Waals surface area contributed by atoms with Crippen molar-refractivity contribution in [3.05, 3.63) is 18.5 Å². The van der Waals surface area contributed by atoms with Crippen molar-refractivity contribution in [3.8, 4) is 0 Å². The van der Waals surface area contributed by atoms with Crippen molar-refractivity contribution < 1.29 is 13.2 Å². The van der Waals surface area contributed by atoms with Crippen LogP contribution in [-0.4, -0.2) is 48.8 Å². The number of hydrogen-bond donors (Lipinski definition) is 1. The van der Waals surface area contributed by atoms with Crippen LogP contribution < -0.4 is 10.6 Å². The van der Waals surface area contributed by atoms with Gasteiger partial charge in [-0.3, -0.25) is 9.88 Å². The number of alkyl halides is 3. The monoisotopic (exact) mass is 288 g/mol. The fourth-order valence-electron chi connectivity index (χ4n) is 2.40. The fraction of sp³-hybridized carbons (Fsp3) is 0.615. The van der Waals surface area contributed by atoms with Gasteiger partial charge in [-0.1, -0.05) is 0 Å². The minimum Gasteiger partial charge on any atom is -0.396 e. The van der Waals surface area contributed by atoms with Crippen molar-refractivity contribution in [1.29, 1.82) is 0 Å². The second-order valence-electron chi connectivity index (χ2n) is 4.98. The second-order valence-corrected chi connectivity index (χ2v) is 4.98. The van der Waals surface area contributed by atoms with E-state index in [1.54, 1.807) is 12.4 Å². The largest absolute Gasteiger partial charge is 0.396 e. The Morgan fingerprint density at radius 3 is 2.50 bits per heavy atom. The lowest BCUT2D eigenvalue weighted by molar-refractivity contribution is -0.136. The SMILES string of the molecule is Nc1cnccc1N1CCN(CCCC(F)(F)F)CC1. The minimum atomic E-state index is -4.05. The first-order valence-corrected chi connectivity index (χ1v) is 6.69. The molecule has 4 nitrogen and oxygen atoms in total. The van der Waals surface area contributed by atoms with Crippen molar-refractivity contribution in [2.24, 2.45) is 0 Å². The van der Waals surface area contributed by atoms with Gasteiger partial charge in [-0.15, -0.1) is 0 Å². The van der Waals surface area contributed by atoms with Crippen LogP contribution in [-0.2, 0) is 0 Å². The van der Waals surface area contributed by atoms with E-state index in [0.717, 1.165) is 31.9 Å². The summed E-state index contributed by atoms with van der Waals surface area (Å²) in [5.74, 6) is 0. The summed E-state index contributed by atoms with van der Waals surface area (Å²) in [6.45, 7) is 3.58. The Labute approximate surface area is 116 Å². The average molecular weight is 288 g/mol. The molecule has 1 fully saturated rings. The predicted octanol–water partition coefficient (Wildman–Crippen LogP) is 2.13. The van der Waals surface area contributed by atoms with Crippen LogP contribution in [0.15, 0.2) is 18.5 Å². The number of nitrogen functional groups attached to an aromatic ring is 1. The van der Waals surface area contributed by atoms with Gasteiger partial charge in [-0.25, -0.2) is 0 Å². The van der Waals surface area contributed by atoms with Gasteiger partial charge in [0, 0.05) is 38.8 Å². The molecule has 0 saturated carbocycles. The van der Waals surface area contributed by atoms with Gasteiger partial charge in [-0.2, -0.15) is 13.2 Å². The van der Waals surface area contributed by atoms with Crippen LogP contribution in [0.3, 0.4) is 0 Å². The molecule has 0 radical (unpaired) electrons. The molecule has 112 valence electrons. The molecule has 1 aromatic rings. The maximum absolute atomic E-state index is 12.1.